The lowest BCUT2D eigenvalue weighted by molar-refractivity contribution is -0.245. The third-order valence-corrected chi connectivity index (χ3v) is 9.36. The fourth-order valence-electron chi connectivity index (χ4n) is 5.56. The van der Waals surface area contributed by atoms with Crippen LogP contribution in [0.4, 0.5) is 17.1 Å². The van der Waals surface area contributed by atoms with Crippen molar-refractivity contribution in [3.63, 3.8) is 0 Å². The molecule has 3 atom stereocenters. The Labute approximate surface area is 299 Å². The number of nitrogens with one attached hydrogen (secondary N) is 2. The molecule has 0 spiro atoms. The summed E-state index contributed by atoms with van der Waals surface area (Å²) in [6.07, 6.45) is 1.10. The maximum Gasteiger partial charge on any atom is 0.224 e. The second-order valence-electron chi connectivity index (χ2n) is 12.1. The fraction of sp³-hybridized carbons (Fsp3) is 0.270. The van der Waals surface area contributed by atoms with Crippen molar-refractivity contribution >= 4 is 40.6 Å². The van der Waals surface area contributed by atoms with Gasteiger partial charge in [0.15, 0.2) is 6.29 Å². The van der Waals surface area contributed by atoms with Crippen LogP contribution < -0.4 is 16.4 Å². The first-order valence-electron chi connectivity index (χ1n) is 16.6. The van der Waals surface area contributed by atoms with Crippen LogP contribution in [-0.4, -0.2) is 54.1 Å². The van der Waals surface area contributed by atoms with Crippen molar-refractivity contribution in [3.05, 3.63) is 114 Å². The molecule has 51 heavy (non-hydrogen) atoms. The Hall–Kier alpha value is -5.28. The molecule has 0 aliphatic carbocycles. The number of carbonyl (C=O) groups is 2. The number of nitrogens with zero attached hydrogens (tertiary/aromatic N) is 4. The first kappa shape index (κ1) is 35.5. The van der Waals surface area contributed by atoms with Gasteiger partial charge in [0.25, 0.3) is 0 Å². The van der Waals surface area contributed by atoms with Crippen molar-refractivity contribution in [3.8, 4) is 11.4 Å². The minimum absolute atomic E-state index is 0.0444. The summed E-state index contributed by atoms with van der Waals surface area (Å²) in [5, 5.41) is 37.7. The number of anilines is 3. The molecule has 0 saturated carbocycles. The molecule has 0 unspecified atom stereocenters. The number of aliphatic hydroxyl groups is 1. The van der Waals surface area contributed by atoms with E-state index in [-0.39, 0.29) is 42.8 Å². The summed E-state index contributed by atoms with van der Waals surface area (Å²) in [4.78, 5) is 24.9. The summed E-state index contributed by atoms with van der Waals surface area (Å²) < 4.78 is 14.5. The van der Waals surface area contributed by atoms with Crippen molar-refractivity contribution in [2.75, 3.05) is 22.1 Å². The van der Waals surface area contributed by atoms with E-state index in [1.807, 2.05) is 48.5 Å². The number of amides is 2. The lowest BCUT2D eigenvalue weighted by Gasteiger charge is -2.36. The number of ether oxygens (including phenoxy) is 2. The number of aromatic nitrogens is 4. The maximum atomic E-state index is 12.6. The SMILES string of the molecule is Nc1ccccc1NC(=O)CCCCC(=O)Nc1ccc([C@H]2O[C@@H](CSc3nnnn3-c3ccc(O)cc3)C[C@@H](c3ccc(CO)cc3)O2)cc1. The summed E-state index contributed by atoms with van der Waals surface area (Å²) in [5.74, 6) is 0.412. The Morgan fingerprint density at radius 2 is 1.55 bits per heavy atom. The summed E-state index contributed by atoms with van der Waals surface area (Å²) in [5.41, 5.74) is 10.9. The van der Waals surface area contributed by atoms with E-state index in [0.29, 0.717) is 53.7 Å². The van der Waals surface area contributed by atoms with E-state index >= 15 is 0 Å². The molecule has 1 aliphatic heterocycles. The fourth-order valence-corrected chi connectivity index (χ4v) is 6.46. The number of rotatable bonds is 14. The number of carbonyl (C=O) groups excluding carboxylic acids is 2. The Balaban J connectivity index is 1.05. The van der Waals surface area contributed by atoms with Crippen molar-refractivity contribution in [1.82, 2.24) is 20.2 Å². The van der Waals surface area contributed by atoms with Crippen LogP contribution in [0.3, 0.4) is 0 Å². The highest BCUT2D eigenvalue weighted by Gasteiger charge is 2.32. The number of unbranched alkanes of at least 4 members (excludes halogenated alkanes) is 1. The van der Waals surface area contributed by atoms with Crippen LogP contribution in [0.25, 0.3) is 5.69 Å². The van der Waals surface area contributed by atoms with Crippen LogP contribution in [0.5, 0.6) is 5.75 Å². The number of nitrogens with two attached hydrogens (primary N) is 1. The zero-order valence-electron chi connectivity index (χ0n) is 27.7. The van der Waals surface area contributed by atoms with Crippen molar-refractivity contribution in [1.29, 1.82) is 0 Å². The van der Waals surface area contributed by atoms with Gasteiger partial charge in [-0.05, 0) is 82.9 Å². The Morgan fingerprint density at radius 3 is 2.25 bits per heavy atom. The van der Waals surface area contributed by atoms with Gasteiger partial charge < -0.3 is 36.1 Å². The second kappa shape index (κ2) is 17.1. The number of hydrogen-bond acceptors (Lipinski definition) is 11. The molecule has 1 aliphatic rings. The van der Waals surface area contributed by atoms with Crippen molar-refractivity contribution < 1.29 is 29.3 Å². The van der Waals surface area contributed by atoms with Gasteiger partial charge in [0.1, 0.15) is 5.75 Å². The molecule has 1 saturated heterocycles. The van der Waals surface area contributed by atoms with E-state index in [1.54, 1.807) is 53.2 Å². The van der Waals surface area contributed by atoms with Crippen LogP contribution >= 0.6 is 11.8 Å². The number of aromatic hydroxyl groups is 1. The van der Waals surface area contributed by atoms with Gasteiger partial charge in [-0.3, -0.25) is 9.59 Å². The Morgan fingerprint density at radius 1 is 0.863 bits per heavy atom. The molecule has 0 bridgehead atoms. The molecule has 264 valence electrons. The number of tetrazole rings is 1. The van der Waals surface area contributed by atoms with E-state index in [0.717, 1.165) is 22.4 Å². The van der Waals surface area contributed by atoms with Crippen molar-refractivity contribution in [2.24, 2.45) is 0 Å². The van der Waals surface area contributed by atoms with E-state index in [4.69, 9.17) is 15.2 Å². The van der Waals surface area contributed by atoms with Crippen LogP contribution in [-0.2, 0) is 25.7 Å². The first-order chi connectivity index (χ1) is 24.8. The van der Waals surface area contributed by atoms with Crippen LogP contribution in [0.15, 0.2) is 102 Å². The van der Waals surface area contributed by atoms with E-state index < -0.39 is 6.29 Å². The van der Waals surface area contributed by atoms with Gasteiger partial charge in [-0.1, -0.05) is 60.3 Å². The number of phenols is 1. The van der Waals surface area contributed by atoms with Gasteiger partial charge in [0, 0.05) is 36.3 Å². The molecule has 1 aromatic heterocycles. The maximum absolute atomic E-state index is 12.6. The van der Waals surface area contributed by atoms with E-state index in [9.17, 15) is 19.8 Å². The minimum atomic E-state index is -0.679. The molecule has 6 rings (SSSR count). The highest BCUT2D eigenvalue weighted by atomic mass is 32.2. The number of aliphatic hydroxyl groups excluding tert-OH is 1. The van der Waals surface area contributed by atoms with Crippen LogP contribution in [0, 0.1) is 0 Å². The van der Waals surface area contributed by atoms with E-state index in [1.165, 1.54) is 11.8 Å². The Kier molecular flexibility index (Phi) is 11.9. The molecule has 2 heterocycles. The van der Waals surface area contributed by atoms with Gasteiger partial charge in [-0.25, -0.2) is 0 Å². The summed E-state index contributed by atoms with van der Waals surface area (Å²) in [6, 6.07) is 28.8. The zero-order chi connectivity index (χ0) is 35.6. The molecule has 4 aromatic carbocycles. The monoisotopic (exact) mass is 709 g/mol. The third-order valence-electron chi connectivity index (χ3n) is 8.31. The van der Waals surface area contributed by atoms with Gasteiger partial charge in [0.2, 0.25) is 17.0 Å². The van der Waals surface area contributed by atoms with Crippen LogP contribution in [0.2, 0.25) is 0 Å². The lowest BCUT2D eigenvalue weighted by Crippen LogP contribution is -2.31. The van der Waals surface area contributed by atoms with Gasteiger partial charge >= 0.3 is 0 Å². The highest BCUT2D eigenvalue weighted by molar-refractivity contribution is 7.99. The van der Waals surface area contributed by atoms with E-state index in [2.05, 4.69) is 26.2 Å². The number of nitrogen functional groups attached to an aromatic ring is 1. The smallest absolute Gasteiger partial charge is 0.224 e. The first-order valence-corrected chi connectivity index (χ1v) is 17.6. The molecular formula is C37H39N7O6S. The lowest BCUT2D eigenvalue weighted by atomic mass is 10.0. The molecule has 5 aromatic rings. The van der Waals surface area contributed by atoms with Gasteiger partial charge in [-0.15, -0.1) is 5.10 Å². The van der Waals surface area contributed by atoms with Gasteiger partial charge in [0.05, 0.1) is 35.9 Å². The molecule has 2 amide bonds. The number of benzene rings is 4. The minimum Gasteiger partial charge on any atom is -0.508 e. The largest absolute Gasteiger partial charge is 0.508 e. The summed E-state index contributed by atoms with van der Waals surface area (Å²) >= 11 is 1.46. The number of thioether (sulfide) groups is 1. The predicted molar refractivity (Wildman–Crippen MR) is 193 cm³/mol. The topological polar surface area (TPSA) is 187 Å². The number of phenolic OH excluding ortho intramolecular Hbond substituents is 1. The average Bonchev–Trinajstić information content (AvgIpc) is 3.63. The second-order valence-corrected chi connectivity index (χ2v) is 13.1. The standard InChI is InChI=1S/C37H39N7O6S/c38-31-5-1-2-6-32(31)40-35(48)8-4-3-7-34(47)39-27-15-13-26(14-16-27)36-49-30(21-33(50-36)25-11-9-24(22-45)10-12-25)23-51-37-41-42-43-44(37)28-17-19-29(46)20-18-28/h1-2,5-6,9-20,30,33,36,45-46H,3-4,7-8,21-23,38H2,(H,39,47)(H,40,48)/t30-,33+,36+/m1/s1. The number of para-hydroxylation sites is 2. The number of hydrogen-bond donors (Lipinski definition) is 5. The molecule has 1 fully saturated rings. The summed E-state index contributed by atoms with van der Waals surface area (Å²) in [7, 11) is 0. The zero-order valence-corrected chi connectivity index (χ0v) is 28.5. The normalized spacial score (nSPS) is 17.2. The third kappa shape index (κ3) is 9.70. The van der Waals surface area contributed by atoms with Crippen LogP contribution in [0.1, 0.15) is 61.2 Å². The summed E-state index contributed by atoms with van der Waals surface area (Å²) in [6.45, 7) is -0.0444. The highest BCUT2D eigenvalue weighted by Crippen LogP contribution is 2.39. The molecule has 6 N–H and O–H groups in total. The Bertz CT molecular complexity index is 1900. The average molecular weight is 710 g/mol. The molecule has 0 radical (unpaired) electrons. The molecular weight excluding hydrogens is 671 g/mol. The quantitative estimate of drug-likeness (QED) is 0.0524. The predicted octanol–water partition coefficient (Wildman–Crippen LogP) is 5.92. The molecule has 14 heteroatoms. The van der Waals surface area contributed by atoms with Crippen molar-refractivity contribution in [2.45, 2.75) is 62.4 Å². The van der Waals surface area contributed by atoms with Gasteiger partial charge in [-0.2, -0.15) is 4.68 Å². The molecule has 13 nitrogen and oxygen atoms in total.